The van der Waals surface area contributed by atoms with Gasteiger partial charge < -0.3 is 5.32 Å². The SMILES string of the molecule is CCCCCS(=O)(=O)CCCC(CC)NCCC. The van der Waals surface area contributed by atoms with Crippen LogP contribution in [-0.2, 0) is 9.84 Å². The van der Waals surface area contributed by atoms with E-state index in [4.69, 9.17) is 0 Å². The van der Waals surface area contributed by atoms with Crippen LogP contribution in [0.2, 0.25) is 0 Å². The van der Waals surface area contributed by atoms with Gasteiger partial charge in [0.2, 0.25) is 0 Å². The van der Waals surface area contributed by atoms with Crippen molar-refractivity contribution in [1.82, 2.24) is 5.32 Å². The highest BCUT2D eigenvalue weighted by atomic mass is 32.2. The molecule has 0 rings (SSSR count). The lowest BCUT2D eigenvalue weighted by Gasteiger charge is -2.16. The molecule has 18 heavy (non-hydrogen) atoms. The molecular formula is C14H31NO2S. The molecule has 1 atom stereocenters. The summed E-state index contributed by atoms with van der Waals surface area (Å²) in [6, 6.07) is 0.482. The molecule has 0 radical (unpaired) electrons. The first-order valence-electron chi connectivity index (χ1n) is 7.49. The fourth-order valence-corrected chi connectivity index (χ4v) is 3.48. The Morgan fingerprint density at radius 3 is 2.17 bits per heavy atom. The summed E-state index contributed by atoms with van der Waals surface area (Å²) in [5.74, 6) is 0.737. The standard InChI is InChI=1S/C14H31NO2S/c1-4-7-8-12-18(16,17)13-9-10-14(6-3)15-11-5-2/h14-15H,4-13H2,1-3H3. The fourth-order valence-electron chi connectivity index (χ4n) is 2.02. The largest absolute Gasteiger partial charge is 0.314 e. The first-order chi connectivity index (χ1) is 8.55. The molecule has 0 aliphatic carbocycles. The van der Waals surface area contributed by atoms with Gasteiger partial charge in [0.25, 0.3) is 0 Å². The van der Waals surface area contributed by atoms with Crippen molar-refractivity contribution in [2.75, 3.05) is 18.1 Å². The molecule has 1 unspecified atom stereocenters. The average molecular weight is 277 g/mol. The van der Waals surface area contributed by atoms with Gasteiger partial charge in [0, 0.05) is 6.04 Å². The summed E-state index contributed by atoms with van der Waals surface area (Å²) in [6.45, 7) is 7.43. The Morgan fingerprint density at radius 2 is 1.61 bits per heavy atom. The zero-order chi connectivity index (χ0) is 13.9. The molecule has 0 aromatic carbocycles. The second kappa shape index (κ2) is 10.8. The fraction of sp³-hybridized carbons (Fsp3) is 1.00. The van der Waals surface area contributed by atoms with E-state index in [0.717, 1.165) is 51.5 Å². The lowest BCUT2D eigenvalue weighted by Crippen LogP contribution is -2.29. The number of hydrogen-bond acceptors (Lipinski definition) is 3. The van der Waals surface area contributed by atoms with Crippen LogP contribution in [0.15, 0.2) is 0 Å². The minimum absolute atomic E-state index is 0.362. The van der Waals surface area contributed by atoms with Gasteiger partial charge in [-0.05, 0) is 38.6 Å². The third-order valence-electron chi connectivity index (χ3n) is 3.24. The smallest absolute Gasteiger partial charge is 0.150 e. The number of nitrogens with one attached hydrogen (secondary N) is 1. The van der Waals surface area contributed by atoms with E-state index in [2.05, 4.69) is 26.1 Å². The maximum Gasteiger partial charge on any atom is 0.150 e. The van der Waals surface area contributed by atoms with Gasteiger partial charge in [-0.1, -0.05) is 33.6 Å². The summed E-state index contributed by atoms with van der Waals surface area (Å²) in [6.07, 6.45) is 6.91. The Morgan fingerprint density at radius 1 is 0.944 bits per heavy atom. The summed E-state index contributed by atoms with van der Waals surface area (Å²) in [5.41, 5.74) is 0. The van der Waals surface area contributed by atoms with Crippen molar-refractivity contribution in [3.63, 3.8) is 0 Å². The first kappa shape index (κ1) is 17.9. The normalized spacial score (nSPS) is 13.7. The van der Waals surface area contributed by atoms with Crippen LogP contribution in [0.3, 0.4) is 0 Å². The summed E-state index contributed by atoms with van der Waals surface area (Å²) in [5, 5.41) is 3.46. The van der Waals surface area contributed by atoms with Crippen LogP contribution in [-0.4, -0.2) is 32.5 Å². The van der Waals surface area contributed by atoms with Gasteiger partial charge in [-0.25, -0.2) is 8.42 Å². The molecule has 0 fully saturated rings. The molecule has 0 saturated carbocycles. The van der Waals surface area contributed by atoms with E-state index in [1.165, 1.54) is 0 Å². The maximum atomic E-state index is 11.8. The van der Waals surface area contributed by atoms with Crippen molar-refractivity contribution < 1.29 is 8.42 Å². The van der Waals surface area contributed by atoms with E-state index in [1.54, 1.807) is 0 Å². The van der Waals surface area contributed by atoms with Crippen LogP contribution in [0.5, 0.6) is 0 Å². The Kier molecular flexibility index (Phi) is 10.7. The van der Waals surface area contributed by atoms with Crippen molar-refractivity contribution in [2.45, 2.75) is 71.8 Å². The highest BCUT2D eigenvalue weighted by Crippen LogP contribution is 2.07. The average Bonchev–Trinajstić information content (AvgIpc) is 2.33. The molecular weight excluding hydrogens is 246 g/mol. The highest BCUT2D eigenvalue weighted by Gasteiger charge is 2.12. The van der Waals surface area contributed by atoms with Gasteiger partial charge >= 0.3 is 0 Å². The van der Waals surface area contributed by atoms with Crippen LogP contribution in [0.1, 0.15) is 65.7 Å². The lowest BCUT2D eigenvalue weighted by molar-refractivity contribution is 0.463. The van der Waals surface area contributed by atoms with Crippen LogP contribution >= 0.6 is 0 Å². The Balaban J connectivity index is 3.79. The predicted molar refractivity (Wildman–Crippen MR) is 79.8 cm³/mol. The van der Waals surface area contributed by atoms with Crippen molar-refractivity contribution >= 4 is 9.84 Å². The Hall–Kier alpha value is -0.0900. The van der Waals surface area contributed by atoms with Gasteiger partial charge in [-0.3, -0.25) is 0 Å². The lowest BCUT2D eigenvalue weighted by atomic mass is 10.1. The number of hydrogen-bond donors (Lipinski definition) is 1. The van der Waals surface area contributed by atoms with Gasteiger partial charge in [0.05, 0.1) is 11.5 Å². The Bertz CT molecular complexity index is 276. The molecule has 0 aliphatic rings. The molecule has 0 aromatic rings. The Labute approximate surface area is 114 Å². The number of unbranched alkanes of at least 4 members (excludes halogenated alkanes) is 2. The summed E-state index contributed by atoms with van der Waals surface area (Å²) < 4.78 is 23.5. The van der Waals surface area contributed by atoms with Gasteiger partial charge in [-0.2, -0.15) is 0 Å². The van der Waals surface area contributed by atoms with E-state index < -0.39 is 9.84 Å². The maximum absolute atomic E-state index is 11.8. The van der Waals surface area contributed by atoms with E-state index in [1.807, 2.05) is 0 Å². The zero-order valence-electron chi connectivity index (χ0n) is 12.4. The van der Waals surface area contributed by atoms with Crippen molar-refractivity contribution in [3.8, 4) is 0 Å². The zero-order valence-corrected chi connectivity index (χ0v) is 13.2. The van der Waals surface area contributed by atoms with Crippen molar-refractivity contribution in [3.05, 3.63) is 0 Å². The molecule has 3 nitrogen and oxygen atoms in total. The number of rotatable bonds is 12. The molecule has 0 bridgehead atoms. The van der Waals surface area contributed by atoms with Gasteiger partial charge in [0.1, 0.15) is 9.84 Å². The molecule has 0 amide bonds. The van der Waals surface area contributed by atoms with Crippen molar-refractivity contribution in [2.24, 2.45) is 0 Å². The second-order valence-corrected chi connectivity index (χ2v) is 7.36. The summed E-state index contributed by atoms with van der Waals surface area (Å²) in [4.78, 5) is 0. The monoisotopic (exact) mass is 277 g/mol. The third-order valence-corrected chi connectivity index (χ3v) is 5.06. The molecule has 0 saturated heterocycles. The molecule has 110 valence electrons. The van der Waals surface area contributed by atoms with Crippen LogP contribution in [0, 0.1) is 0 Å². The van der Waals surface area contributed by atoms with Crippen LogP contribution < -0.4 is 5.32 Å². The minimum atomic E-state index is -2.81. The molecule has 0 spiro atoms. The highest BCUT2D eigenvalue weighted by molar-refractivity contribution is 7.91. The van der Waals surface area contributed by atoms with E-state index >= 15 is 0 Å². The summed E-state index contributed by atoms with van der Waals surface area (Å²) >= 11 is 0. The second-order valence-electron chi connectivity index (χ2n) is 5.06. The summed E-state index contributed by atoms with van der Waals surface area (Å²) in [7, 11) is -2.81. The quantitative estimate of drug-likeness (QED) is 0.557. The molecule has 4 heteroatoms. The predicted octanol–water partition coefficient (Wildman–Crippen LogP) is 3.15. The first-order valence-corrected chi connectivity index (χ1v) is 9.31. The van der Waals surface area contributed by atoms with Crippen LogP contribution in [0.4, 0.5) is 0 Å². The van der Waals surface area contributed by atoms with E-state index in [0.29, 0.717) is 17.5 Å². The van der Waals surface area contributed by atoms with E-state index in [9.17, 15) is 8.42 Å². The third kappa shape index (κ3) is 9.89. The topological polar surface area (TPSA) is 46.2 Å². The minimum Gasteiger partial charge on any atom is -0.314 e. The van der Waals surface area contributed by atoms with Crippen LogP contribution in [0.25, 0.3) is 0 Å². The molecule has 0 aromatic heterocycles. The van der Waals surface area contributed by atoms with Crippen molar-refractivity contribution in [1.29, 1.82) is 0 Å². The number of sulfone groups is 1. The molecule has 0 heterocycles. The van der Waals surface area contributed by atoms with Gasteiger partial charge in [0.15, 0.2) is 0 Å². The van der Waals surface area contributed by atoms with Gasteiger partial charge in [-0.15, -0.1) is 0 Å². The molecule has 1 N–H and O–H groups in total. The molecule has 0 aliphatic heterocycles. The van der Waals surface area contributed by atoms with E-state index in [-0.39, 0.29) is 0 Å².